The van der Waals surface area contributed by atoms with Gasteiger partial charge >= 0.3 is 5.97 Å². The summed E-state index contributed by atoms with van der Waals surface area (Å²) in [5, 5.41) is 3.15. The molecule has 1 amide bonds. The fourth-order valence-electron chi connectivity index (χ4n) is 2.02. The fourth-order valence-corrected chi connectivity index (χ4v) is 2.49. The Morgan fingerprint density at radius 2 is 1.88 bits per heavy atom. The van der Waals surface area contributed by atoms with E-state index in [9.17, 15) is 9.59 Å². The molecule has 0 saturated heterocycles. The number of hydrogen-bond acceptors (Lipinski definition) is 5. The van der Waals surface area contributed by atoms with E-state index in [1.54, 1.807) is 6.07 Å². The van der Waals surface area contributed by atoms with Crippen molar-refractivity contribution in [2.45, 2.75) is 6.54 Å². The van der Waals surface area contributed by atoms with Crippen LogP contribution >= 0.6 is 23.2 Å². The fraction of sp³-hybridized carbons (Fsp3) is 0.188. The maximum absolute atomic E-state index is 12.4. The number of nitrogens with one attached hydrogen (secondary N) is 1. The number of aromatic nitrogens is 1. The number of benzene rings is 1. The van der Waals surface area contributed by atoms with E-state index < -0.39 is 11.9 Å². The number of amides is 1. The van der Waals surface area contributed by atoms with Gasteiger partial charge in [0.25, 0.3) is 5.91 Å². The molecule has 0 spiro atoms. The predicted molar refractivity (Wildman–Crippen MR) is 89.8 cm³/mol. The molecule has 0 saturated carbocycles. The van der Waals surface area contributed by atoms with Crippen LogP contribution in [0.5, 0.6) is 5.75 Å². The average Bonchev–Trinajstić information content (AvgIpc) is 2.60. The van der Waals surface area contributed by atoms with Crippen LogP contribution in [0.3, 0.4) is 0 Å². The highest BCUT2D eigenvalue weighted by atomic mass is 35.5. The number of ether oxygens (including phenoxy) is 2. The molecule has 0 bridgehead atoms. The van der Waals surface area contributed by atoms with Gasteiger partial charge in [0.05, 0.1) is 42.1 Å². The van der Waals surface area contributed by atoms with Gasteiger partial charge in [-0.2, -0.15) is 0 Å². The monoisotopic (exact) mass is 368 g/mol. The number of pyridine rings is 1. The Balaban J connectivity index is 2.17. The number of halogens is 2. The van der Waals surface area contributed by atoms with Crippen molar-refractivity contribution in [3.8, 4) is 5.75 Å². The van der Waals surface area contributed by atoms with Gasteiger partial charge in [-0.15, -0.1) is 0 Å². The van der Waals surface area contributed by atoms with E-state index in [1.807, 2.05) is 0 Å². The van der Waals surface area contributed by atoms with E-state index in [0.717, 1.165) is 0 Å². The lowest BCUT2D eigenvalue weighted by Crippen LogP contribution is -2.24. The van der Waals surface area contributed by atoms with E-state index in [2.05, 4.69) is 15.0 Å². The van der Waals surface area contributed by atoms with Gasteiger partial charge in [-0.05, 0) is 24.3 Å². The summed E-state index contributed by atoms with van der Waals surface area (Å²) >= 11 is 12.1. The second kappa shape index (κ2) is 7.99. The lowest BCUT2D eigenvalue weighted by molar-refractivity contribution is 0.0600. The normalized spacial score (nSPS) is 10.2. The Morgan fingerprint density at radius 1 is 1.17 bits per heavy atom. The number of esters is 1. The highest BCUT2D eigenvalue weighted by molar-refractivity contribution is 6.37. The molecule has 126 valence electrons. The van der Waals surface area contributed by atoms with E-state index in [-0.39, 0.29) is 27.9 Å². The maximum Gasteiger partial charge on any atom is 0.337 e. The van der Waals surface area contributed by atoms with Crippen LogP contribution in [0, 0.1) is 0 Å². The smallest absolute Gasteiger partial charge is 0.337 e. The lowest BCUT2D eigenvalue weighted by Gasteiger charge is -2.12. The minimum absolute atomic E-state index is 0.0929. The Morgan fingerprint density at radius 3 is 2.54 bits per heavy atom. The molecule has 0 radical (unpaired) electrons. The quantitative estimate of drug-likeness (QED) is 0.820. The van der Waals surface area contributed by atoms with E-state index in [4.69, 9.17) is 27.9 Å². The number of methoxy groups -OCH3 is 2. The first-order valence-corrected chi connectivity index (χ1v) is 7.57. The van der Waals surface area contributed by atoms with Crippen molar-refractivity contribution in [2.75, 3.05) is 14.2 Å². The first-order chi connectivity index (χ1) is 11.5. The summed E-state index contributed by atoms with van der Waals surface area (Å²) in [7, 11) is 2.69. The average molecular weight is 369 g/mol. The van der Waals surface area contributed by atoms with Crippen molar-refractivity contribution in [1.82, 2.24) is 10.3 Å². The molecule has 0 aliphatic carbocycles. The Bertz CT molecular complexity index is 781. The van der Waals surface area contributed by atoms with Crippen molar-refractivity contribution in [3.63, 3.8) is 0 Å². The van der Waals surface area contributed by atoms with Crippen LogP contribution in [0.15, 0.2) is 30.5 Å². The minimum Gasteiger partial charge on any atom is -0.494 e. The molecule has 2 aromatic rings. The molecule has 0 atom stereocenters. The third kappa shape index (κ3) is 3.96. The van der Waals surface area contributed by atoms with Gasteiger partial charge in [0.1, 0.15) is 5.56 Å². The van der Waals surface area contributed by atoms with Crippen LogP contribution in [-0.4, -0.2) is 31.1 Å². The standard InChI is InChI=1S/C16H14Cl2N2O4/c1-23-14-12(18)4-3-11(17)13(14)15(21)20-8-10-7-9(5-6-19-10)16(22)24-2/h3-7H,8H2,1-2H3,(H,20,21). The summed E-state index contributed by atoms with van der Waals surface area (Å²) in [6.45, 7) is 0.0929. The molecular formula is C16H14Cl2N2O4. The number of carbonyl (C=O) groups is 2. The second-order valence-electron chi connectivity index (χ2n) is 4.65. The molecule has 0 unspecified atom stereocenters. The van der Waals surface area contributed by atoms with Crippen molar-refractivity contribution >= 4 is 35.1 Å². The van der Waals surface area contributed by atoms with Gasteiger partial charge in [0, 0.05) is 6.20 Å². The summed E-state index contributed by atoms with van der Waals surface area (Å²) in [5.41, 5.74) is 0.967. The van der Waals surface area contributed by atoms with Gasteiger partial charge in [0.2, 0.25) is 0 Å². The molecule has 0 aliphatic heterocycles. The molecule has 2 rings (SSSR count). The van der Waals surface area contributed by atoms with E-state index in [1.165, 1.54) is 38.6 Å². The molecule has 0 aliphatic rings. The number of nitrogens with zero attached hydrogens (tertiary/aromatic N) is 1. The molecule has 8 heteroatoms. The second-order valence-corrected chi connectivity index (χ2v) is 5.46. The molecule has 1 N–H and O–H groups in total. The summed E-state index contributed by atoms with van der Waals surface area (Å²) in [6, 6.07) is 6.11. The Labute approximate surface area is 148 Å². The molecule has 1 aromatic heterocycles. The highest BCUT2D eigenvalue weighted by Crippen LogP contribution is 2.33. The van der Waals surface area contributed by atoms with Crippen LogP contribution < -0.4 is 10.1 Å². The number of carbonyl (C=O) groups excluding carboxylic acids is 2. The summed E-state index contributed by atoms with van der Waals surface area (Å²) < 4.78 is 9.78. The van der Waals surface area contributed by atoms with Crippen LogP contribution in [0.1, 0.15) is 26.4 Å². The number of hydrogen-bond donors (Lipinski definition) is 1. The molecule has 6 nitrogen and oxygen atoms in total. The minimum atomic E-state index is -0.482. The third-order valence-corrected chi connectivity index (χ3v) is 3.77. The molecule has 0 fully saturated rings. The molecule has 1 heterocycles. The Hall–Kier alpha value is -2.31. The van der Waals surface area contributed by atoms with Gasteiger partial charge in [0.15, 0.2) is 5.75 Å². The SMILES string of the molecule is COC(=O)c1ccnc(CNC(=O)c2c(Cl)ccc(Cl)c2OC)c1. The van der Waals surface area contributed by atoms with Crippen LogP contribution in [0.4, 0.5) is 0 Å². The largest absolute Gasteiger partial charge is 0.494 e. The first-order valence-electron chi connectivity index (χ1n) is 6.81. The summed E-state index contributed by atoms with van der Waals surface area (Å²) in [6.07, 6.45) is 1.46. The van der Waals surface area contributed by atoms with Crippen molar-refractivity contribution in [1.29, 1.82) is 0 Å². The van der Waals surface area contributed by atoms with Gasteiger partial charge in [-0.25, -0.2) is 4.79 Å². The molecule has 24 heavy (non-hydrogen) atoms. The van der Waals surface area contributed by atoms with E-state index in [0.29, 0.717) is 11.3 Å². The zero-order valence-electron chi connectivity index (χ0n) is 12.9. The summed E-state index contributed by atoms with van der Waals surface area (Å²) in [5.74, 6) is -0.757. The first kappa shape index (κ1) is 18.0. The van der Waals surface area contributed by atoms with Crippen molar-refractivity contribution < 1.29 is 19.1 Å². The summed E-state index contributed by atoms with van der Waals surface area (Å²) in [4.78, 5) is 28.0. The Kier molecular flexibility index (Phi) is 6.00. The molecule has 1 aromatic carbocycles. The maximum atomic E-state index is 12.4. The zero-order chi connectivity index (χ0) is 17.7. The van der Waals surface area contributed by atoms with E-state index >= 15 is 0 Å². The van der Waals surface area contributed by atoms with Crippen LogP contribution in [0.25, 0.3) is 0 Å². The topological polar surface area (TPSA) is 77.5 Å². The third-order valence-electron chi connectivity index (χ3n) is 3.16. The van der Waals surface area contributed by atoms with Crippen LogP contribution in [-0.2, 0) is 11.3 Å². The predicted octanol–water partition coefficient (Wildman–Crippen LogP) is 3.11. The lowest BCUT2D eigenvalue weighted by atomic mass is 10.1. The van der Waals surface area contributed by atoms with Gasteiger partial charge < -0.3 is 14.8 Å². The van der Waals surface area contributed by atoms with Gasteiger partial charge in [-0.3, -0.25) is 9.78 Å². The van der Waals surface area contributed by atoms with Crippen molar-refractivity contribution in [2.24, 2.45) is 0 Å². The molecular weight excluding hydrogens is 355 g/mol. The van der Waals surface area contributed by atoms with Gasteiger partial charge in [-0.1, -0.05) is 23.2 Å². The highest BCUT2D eigenvalue weighted by Gasteiger charge is 2.19. The van der Waals surface area contributed by atoms with Crippen molar-refractivity contribution in [3.05, 3.63) is 57.3 Å². The van der Waals surface area contributed by atoms with Crippen LogP contribution in [0.2, 0.25) is 10.0 Å². The number of rotatable bonds is 5. The zero-order valence-corrected chi connectivity index (χ0v) is 14.4.